The maximum atomic E-state index is 13.1. The van der Waals surface area contributed by atoms with E-state index in [0.29, 0.717) is 18.5 Å². The molecule has 17 heavy (non-hydrogen) atoms. The van der Waals surface area contributed by atoms with Crippen molar-refractivity contribution >= 4 is 0 Å². The lowest BCUT2D eigenvalue weighted by molar-refractivity contribution is 0.350. The van der Waals surface area contributed by atoms with E-state index in [2.05, 4.69) is 18.0 Å². The zero-order chi connectivity index (χ0) is 12.1. The summed E-state index contributed by atoms with van der Waals surface area (Å²) in [5, 5.41) is 3.63. The Kier molecular flexibility index (Phi) is 4.32. The standard InChI is InChI=1S/C15H20FN/c1-2-5-14-8-4-9-15(17-14)12-6-3-7-13(16)11-10-12/h2,6-7,10-11,14-15,17H,1,3-5,8-9H2. The third-order valence-corrected chi connectivity index (χ3v) is 3.44. The van der Waals surface area contributed by atoms with Gasteiger partial charge in [-0.15, -0.1) is 6.58 Å². The highest BCUT2D eigenvalue weighted by Crippen LogP contribution is 2.23. The predicted molar refractivity (Wildman–Crippen MR) is 70.4 cm³/mol. The number of halogens is 1. The number of nitrogens with one attached hydrogen (secondary N) is 1. The number of piperidine rings is 1. The minimum Gasteiger partial charge on any atom is -0.307 e. The fourth-order valence-corrected chi connectivity index (χ4v) is 2.55. The van der Waals surface area contributed by atoms with E-state index in [1.165, 1.54) is 18.4 Å². The Balaban J connectivity index is 2.00. The van der Waals surface area contributed by atoms with Gasteiger partial charge in [0.2, 0.25) is 0 Å². The van der Waals surface area contributed by atoms with E-state index in [9.17, 15) is 4.39 Å². The first kappa shape index (κ1) is 12.3. The summed E-state index contributed by atoms with van der Waals surface area (Å²) in [5.74, 6) is -0.130. The van der Waals surface area contributed by atoms with Crippen molar-refractivity contribution in [2.45, 2.75) is 44.2 Å². The van der Waals surface area contributed by atoms with Crippen LogP contribution in [0.5, 0.6) is 0 Å². The van der Waals surface area contributed by atoms with Crippen LogP contribution >= 0.6 is 0 Å². The highest BCUT2D eigenvalue weighted by atomic mass is 19.1. The molecular formula is C15H20FN. The van der Waals surface area contributed by atoms with Gasteiger partial charge in [-0.3, -0.25) is 0 Å². The van der Waals surface area contributed by atoms with Gasteiger partial charge in [0.1, 0.15) is 5.83 Å². The van der Waals surface area contributed by atoms with Gasteiger partial charge in [-0.05, 0) is 43.4 Å². The molecule has 0 radical (unpaired) electrons. The van der Waals surface area contributed by atoms with Gasteiger partial charge >= 0.3 is 0 Å². The Bertz CT molecular complexity index is 365. The highest BCUT2D eigenvalue weighted by Gasteiger charge is 2.21. The van der Waals surface area contributed by atoms with Gasteiger partial charge in [0.15, 0.2) is 0 Å². The maximum Gasteiger partial charge on any atom is 0.119 e. The Hall–Kier alpha value is -1.15. The van der Waals surface area contributed by atoms with Gasteiger partial charge in [0, 0.05) is 12.1 Å². The summed E-state index contributed by atoms with van der Waals surface area (Å²) < 4.78 is 13.1. The van der Waals surface area contributed by atoms with Crippen LogP contribution in [0.3, 0.4) is 0 Å². The second-order valence-corrected chi connectivity index (χ2v) is 4.73. The van der Waals surface area contributed by atoms with Gasteiger partial charge < -0.3 is 5.32 Å². The summed E-state index contributed by atoms with van der Waals surface area (Å²) in [6.07, 6.45) is 14.5. The second kappa shape index (κ2) is 5.97. The summed E-state index contributed by atoms with van der Waals surface area (Å²) in [5.41, 5.74) is 1.22. The Morgan fingerprint density at radius 2 is 2.24 bits per heavy atom. The fourth-order valence-electron chi connectivity index (χ4n) is 2.55. The van der Waals surface area contributed by atoms with Crippen molar-refractivity contribution in [1.82, 2.24) is 5.32 Å². The van der Waals surface area contributed by atoms with Crippen LogP contribution in [-0.4, -0.2) is 12.1 Å². The van der Waals surface area contributed by atoms with Crippen LogP contribution in [-0.2, 0) is 0 Å². The molecule has 1 fully saturated rings. The SMILES string of the molecule is C=CCC1CCCC(C2=CCC=C(F)C=C2)N1. The minimum atomic E-state index is -0.130. The molecule has 1 aliphatic carbocycles. The molecule has 1 aliphatic heterocycles. The largest absolute Gasteiger partial charge is 0.307 e. The van der Waals surface area contributed by atoms with E-state index >= 15 is 0 Å². The third kappa shape index (κ3) is 3.40. The molecule has 0 aromatic heterocycles. The monoisotopic (exact) mass is 233 g/mol. The smallest absolute Gasteiger partial charge is 0.119 e. The summed E-state index contributed by atoms with van der Waals surface area (Å²) in [6, 6.07) is 0.908. The van der Waals surface area contributed by atoms with Crippen molar-refractivity contribution in [3.8, 4) is 0 Å². The van der Waals surface area contributed by atoms with Crippen molar-refractivity contribution in [3.05, 3.63) is 48.4 Å². The van der Waals surface area contributed by atoms with Crippen LogP contribution in [0.25, 0.3) is 0 Å². The van der Waals surface area contributed by atoms with Crippen LogP contribution in [0.1, 0.15) is 32.1 Å². The Labute approximate surface area is 103 Å². The topological polar surface area (TPSA) is 12.0 Å². The lowest BCUT2D eigenvalue weighted by Crippen LogP contribution is -2.42. The van der Waals surface area contributed by atoms with Crippen LogP contribution in [0.15, 0.2) is 48.4 Å². The molecule has 0 saturated carbocycles. The highest BCUT2D eigenvalue weighted by molar-refractivity contribution is 5.33. The van der Waals surface area contributed by atoms with Crippen molar-refractivity contribution in [3.63, 3.8) is 0 Å². The summed E-state index contributed by atoms with van der Waals surface area (Å²) >= 11 is 0. The van der Waals surface area contributed by atoms with Crippen LogP contribution < -0.4 is 5.32 Å². The van der Waals surface area contributed by atoms with Crippen molar-refractivity contribution in [2.75, 3.05) is 0 Å². The molecule has 2 rings (SSSR count). The third-order valence-electron chi connectivity index (χ3n) is 3.44. The molecule has 1 N–H and O–H groups in total. The van der Waals surface area contributed by atoms with Gasteiger partial charge in [0.25, 0.3) is 0 Å². The van der Waals surface area contributed by atoms with Gasteiger partial charge in [-0.1, -0.05) is 24.6 Å². The Morgan fingerprint density at radius 3 is 3.06 bits per heavy atom. The normalized spacial score (nSPS) is 29.2. The first-order chi connectivity index (χ1) is 8.29. The van der Waals surface area contributed by atoms with Gasteiger partial charge in [-0.2, -0.15) is 0 Å². The first-order valence-electron chi connectivity index (χ1n) is 6.40. The Morgan fingerprint density at radius 1 is 1.35 bits per heavy atom. The van der Waals surface area contributed by atoms with Crippen molar-refractivity contribution < 1.29 is 4.39 Å². The van der Waals surface area contributed by atoms with Crippen LogP contribution in [0.4, 0.5) is 4.39 Å². The van der Waals surface area contributed by atoms with Crippen LogP contribution in [0, 0.1) is 0 Å². The molecular weight excluding hydrogens is 213 g/mol. The van der Waals surface area contributed by atoms with E-state index < -0.39 is 0 Å². The van der Waals surface area contributed by atoms with Gasteiger partial charge in [0.05, 0.1) is 0 Å². The fraction of sp³-hybridized carbons (Fsp3) is 0.467. The molecule has 2 heteroatoms. The molecule has 2 atom stereocenters. The lowest BCUT2D eigenvalue weighted by Gasteiger charge is -2.31. The molecule has 0 bridgehead atoms. The van der Waals surface area contributed by atoms with E-state index in [-0.39, 0.29) is 5.83 Å². The van der Waals surface area contributed by atoms with Crippen molar-refractivity contribution in [2.24, 2.45) is 0 Å². The van der Waals surface area contributed by atoms with E-state index in [0.717, 1.165) is 12.8 Å². The minimum absolute atomic E-state index is 0.130. The number of rotatable bonds is 3. The summed E-state index contributed by atoms with van der Waals surface area (Å²) in [7, 11) is 0. The molecule has 0 aromatic carbocycles. The van der Waals surface area contributed by atoms with Gasteiger partial charge in [-0.25, -0.2) is 4.39 Å². The molecule has 0 aromatic rings. The van der Waals surface area contributed by atoms with Crippen LogP contribution in [0.2, 0.25) is 0 Å². The molecule has 1 heterocycles. The molecule has 2 aliphatic rings. The number of allylic oxidation sites excluding steroid dienone is 4. The zero-order valence-corrected chi connectivity index (χ0v) is 10.2. The number of hydrogen-bond acceptors (Lipinski definition) is 1. The first-order valence-corrected chi connectivity index (χ1v) is 6.40. The molecule has 1 saturated heterocycles. The summed E-state index contributed by atoms with van der Waals surface area (Å²) in [6.45, 7) is 3.79. The van der Waals surface area contributed by atoms with E-state index in [4.69, 9.17) is 0 Å². The molecule has 1 nitrogen and oxygen atoms in total. The van der Waals surface area contributed by atoms with E-state index in [1.807, 2.05) is 12.2 Å². The summed E-state index contributed by atoms with van der Waals surface area (Å²) in [4.78, 5) is 0. The lowest BCUT2D eigenvalue weighted by atomic mass is 9.91. The number of hydrogen-bond donors (Lipinski definition) is 1. The van der Waals surface area contributed by atoms with Crippen molar-refractivity contribution in [1.29, 1.82) is 0 Å². The van der Waals surface area contributed by atoms with E-state index in [1.54, 1.807) is 12.2 Å². The second-order valence-electron chi connectivity index (χ2n) is 4.73. The molecule has 0 spiro atoms. The maximum absolute atomic E-state index is 13.1. The molecule has 2 unspecified atom stereocenters. The average molecular weight is 233 g/mol. The average Bonchev–Trinajstić information content (AvgIpc) is 2.55. The quantitative estimate of drug-likeness (QED) is 0.731. The molecule has 92 valence electrons. The zero-order valence-electron chi connectivity index (χ0n) is 10.2. The molecule has 0 amide bonds. The predicted octanol–water partition coefficient (Wildman–Crippen LogP) is 3.81.